The van der Waals surface area contributed by atoms with Crippen LogP contribution in [0.1, 0.15) is 25.7 Å². The summed E-state index contributed by atoms with van der Waals surface area (Å²) in [4.78, 5) is 13.7. The van der Waals surface area contributed by atoms with E-state index < -0.39 is 0 Å². The molecule has 0 atom stereocenters. The van der Waals surface area contributed by atoms with Gasteiger partial charge in [-0.25, -0.2) is 0 Å². The number of nitrogens with zero attached hydrogens (tertiary/aromatic N) is 1. The fraction of sp³-hybridized carbons (Fsp3) is 0.900. The van der Waals surface area contributed by atoms with Crippen LogP contribution in [0.5, 0.6) is 0 Å². The van der Waals surface area contributed by atoms with E-state index >= 15 is 0 Å². The number of piperidine rings is 1. The topological polar surface area (TPSA) is 29.5 Å². The number of methoxy groups -OCH3 is 1. The van der Waals surface area contributed by atoms with Gasteiger partial charge < -0.3 is 9.64 Å². The first-order valence-electron chi connectivity index (χ1n) is 5.13. The van der Waals surface area contributed by atoms with Crippen molar-refractivity contribution in [2.75, 3.05) is 20.2 Å². The molecule has 2 rings (SSSR count). The first-order chi connectivity index (χ1) is 6.31. The van der Waals surface area contributed by atoms with Gasteiger partial charge in [0.25, 0.3) is 0 Å². The summed E-state index contributed by atoms with van der Waals surface area (Å²) in [6.45, 7) is 2.18. The van der Waals surface area contributed by atoms with Crippen molar-refractivity contribution >= 4 is 5.97 Å². The SMILES string of the molecule is COC(=O)C1CCN(C2CC2)CC1. The molecule has 0 aromatic rings. The van der Waals surface area contributed by atoms with Gasteiger partial charge in [0.15, 0.2) is 0 Å². The molecular weight excluding hydrogens is 166 g/mol. The fourth-order valence-corrected chi connectivity index (χ4v) is 2.11. The quantitative estimate of drug-likeness (QED) is 0.599. The Kier molecular flexibility index (Phi) is 2.54. The van der Waals surface area contributed by atoms with Crippen LogP contribution < -0.4 is 0 Å². The summed E-state index contributed by atoms with van der Waals surface area (Å²) in [6, 6.07) is 0.846. The van der Waals surface area contributed by atoms with Crippen molar-refractivity contribution in [2.24, 2.45) is 5.92 Å². The lowest BCUT2D eigenvalue weighted by Crippen LogP contribution is -2.37. The molecule has 0 unspecified atom stereocenters. The standard InChI is InChI=1S/C10H17NO2/c1-13-10(12)8-4-6-11(7-5-8)9-2-3-9/h8-9H,2-7H2,1H3. The van der Waals surface area contributed by atoms with E-state index in [9.17, 15) is 4.79 Å². The molecule has 0 aromatic heterocycles. The Labute approximate surface area is 79.0 Å². The second-order valence-electron chi connectivity index (χ2n) is 4.06. The van der Waals surface area contributed by atoms with E-state index in [0.29, 0.717) is 0 Å². The van der Waals surface area contributed by atoms with Crippen LogP contribution in [0.15, 0.2) is 0 Å². The van der Waals surface area contributed by atoms with Crippen LogP contribution in [-0.4, -0.2) is 37.1 Å². The van der Waals surface area contributed by atoms with Crippen molar-refractivity contribution in [3.63, 3.8) is 0 Å². The van der Waals surface area contributed by atoms with Gasteiger partial charge in [0, 0.05) is 6.04 Å². The molecule has 1 saturated heterocycles. The number of carbonyl (C=O) groups is 1. The monoisotopic (exact) mass is 183 g/mol. The van der Waals surface area contributed by atoms with Crippen molar-refractivity contribution in [3.05, 3.63) is 0 Å². The minimum atomic E-state index is -0.0181. The maximum Gasteiger partial charge on any atom is 0.308 e. The van der Waals surface area contributed by atoms with Gasteiger partial charge in [-0.05, 0) is 38.8 Å². The highest BCUT2D eigenvalue weighted by Crippen LogP contribution is 2.30. The van der Waals surface area contributed by atoms with Gasteiger partial charge in [0.1, 0.15) is 0 Å². The van der Waals surface area contributed by atoms with E-state index in [4.69, 9.17) is 4.74 Å². The van der Waals surface area contributed by atoms with E-state index in [-0.39, 0.29) is 11.9 Å². The number of hydrogen-bond donors (Lipinski definition) is 0. The lowest BCUT2D eigenvalue weighted by atomic mass is 9.97. The van der Waals surface area contributed by atoms with E-state index in [2.05, 4.69) is 4.90 Å². The van der Waals surface area contributed by atoms with Crippen LogP contribution in [0.4, 0.5) is 0 Å². The summed E-state index contributed by atoms with van der Waals surface area (Å²) in [5.41, 5.74) is 0. The predicted molar refractivity (Wildman–Crippen MR) is 49.3 cm³/mol. The summed E-state index contributed by atoms with van der Waals surface area (Å²) in [6.07, 6.45) is 4.71. The molecule has 0 spiro atoms. The Bertz CT molecular complexity index is 193. The minimum absolute atomic E-state index is 0.0181. The number of likely N-dealkylation sites (tertiary alicyclic amines) is 1. The van der Waals surface area contributed by atoms with Gasteiger partial charge in [-0.1, -0.05) is 0 Å². The Morgan fingerprint density at radius 2 is 1.85 bits per heavy atom. The highest BCUT2D eigenvalue weighted by molar-refractivity contribution is 5.72. The zero-order chi connectivity index (χ0) is 9.26. The van der Waals surface area contributed by atoms with Gasteiger partial charge in [0.2, 0.25) is 0 Å². The molecule has 3 nitrogen and oxygen atoms in total. The van der Waals surface area contributed by atoms with Crippen LogP contribution in [0.25, 0.3) is 0 Å². The van der Waals surface area contributed by atoms with Crippen LogP contribution in [0, 0.1) is 5.92 Å². The zero-order valence-electron chi connectivity index (χ0n) is 8.16. The van der Waals surface area contributed by atoms with Crippen molar-refractivity contribution < 1.29 is 9.53 Å². The summed E-state index contributed by atoms with van der Waals surface area (Å²) in [5, 5.41) is 0. The molecule has 1 heterocycles. The van der Waals surface area contributed by atoms with E-state index in [1.54, 1.807) is 0 Å². The zero-order valence-corrected chi connectivity index (χ0v) is 8.16. The van der Waals surface area contributed by atoms with Crippen LogP contribution in [0.3, 0.4) is 0 Å². The third kappa shape index (κ3) is 2.02. The summed E-state index contributed by atoms with van der Waals surface area (Å²) >= 11 is 0. The molecule has 0 N–H and O–H groups in total. The van der Waals surface area contributed by atoms with Crippen molar-refractivity contribution in [2.45, 2.75) is 31.7 Å². The van der Waals surface area contributed by atoms with Crippen molar-refractivity contribution in [3.8, 4) is 0 Å². The average Bonchev–Trinajstić information content (AvgIpc) is 3.00. The molecule has 1 aliphatic heterocycles. The molecule has 3 heteroatoms. The molecule has 74 valence electrons. The molecule has 2 fully saturated rings. The molecule has 0 radical (unpaired) electrons. The maximum atomic E-state index is 11.2. The van der Waals surface area contributed by atoms with E-state index in [0.717, 1.165) is 32.0 Å². The number of carbonyl (C=O) groups excluding carboxylic acids is 1. The maximum absolute atomic E-state index is 11.2. The highest BCUT2D eigenvalue weighted by Gasteiger charge is 2.33. The molecule has 13 heavy (non-hydrogen) atoms. The normalized spacial score (nSPS) is 25.9. The molecule has 0 bridgehead atoms. The second-order valence-corrected chi connectivity index (χ2v) is 4.06. The first-order valence-corrected chi connectivity index (χ1v) is 5.13. The summed E-state index contributed by atoms with van der Waals surface area (Å²) in [7, 11) is 1.48. The van der Waals surface area contributed by atoms with Gasteiger partial charge in [0.05, 0.1) is 13.0 Å². The number of ether oxygens (including phenoxy) is 1. The molecule has 0 amide bonds. The Morgan fingerprint density at radius 1 is 1.23 bits per heavy atom. The third-order valence-electron chi connectivity index (χ3n) is 3.13. The third-order valence-corrected chi connectivity index (χ3v) is 3.13. The van der Waals surface area contributed by atoms with Crippen molar-refractivity contribution in [1.29, 1.82) is 0 Å². The van der Waals surface area contributed by atoms with Crippen molar-refractivity contribution in [1.82, 2.24) is 4.90 Å². The molecule has 2 aliphatic rings. The largest absolute Gasteiger partial charge is 0.469 e. The van der Waals surface area contributed by atoms with Crippen LogP contribution >= 0.6 is 0 Å². The Balaban J connectivity index is 1.78. The number of esters is 1. The van der Waals surface area contributed by atoms with Gasteiger partial charge in [-0.15, -0.1) is 0 Å². The minimum Gasteiger partial charge on any atom is -0.469 e. The summed E-state index contributed by atoms with van der Waals surface area (Å²) in [5.74, 6) is 0.149. The van der Waals surface area contributed by atoms with Crippen LogP contribution in [0.2, 0.25) is 0 Å². The Morgan fingerprint density at radius 3 is 2.31 bits per heavy atom. The fourth-order valence-electron chi connectivity index (χ4n) is 2.11. The van der Waals surface area contributed by atoms with E-state index in [1.165, 1.54) is 20.0 Å². The molecule has 1 aliphatic carbocycles. The number of rotatable bonds is 2. The average molecular weight is 183 g/mol. The molecule has 0 aromatic carbocycles. The Hall–Kier alpha value is -0.570. The first kappa shape index (κ1) is 9.00. The second kappa shape index (κ2) is 3.66. The molecular formula is C10H17NO2. The van der Waals surface area contributed by atoms with Crippen LogP contribution in [-0.2, 0) is 9.53 Å². The molecule has 1 saturated carbocycles. The van der Waals surface area contributed by atoms with Gasteiger partial charge in [-0.3, -0.25) is 4.79 Å². The number of hydrogen-bond acceptors (Lipinski definition) is 3. The van der Waals surface area contributed by atoms with E-state index in [1.807, 2.05) is 0 Å². The van der Waals surface area contributed by atoms with Gasteiger partial charge >= 0.3 is 5.97 Å². The lowest BCUT2D eigenvalue weighted by molar-refractivity contribution is -0.147. The van der Waals surface area contributed by atoms with Gasteiger partial charge in [-0.2, -0.15) is 0 Å². The highest BCUT2D eigenvalue weighted by atomic mass is 16.5. The lowest BCUT2D eigenvalue weighted by Gasteiger charge is -2.30. The summed E-state index contributed by atoms with van der Waals surface area (Å²) < 4.78 is 4.74. The smallest absolute Gasteiger partial charge is 0.308 e. The predicted octanol–water partition coefficient (Wildman–Crippen LogP) is 1.03.